The predicted molar refractivity (Wildman–Crippen MR) is 151 cm³/mol. The zero-order valence-electron chi connectivity index (χ0n) is 23.5. The number of piperidine rings is 1. The normalized spacial score (nSPS) is 20.2. The number of rotatable bonds is 7. The van der Waals surface area contributed by atoms with Crippen molar-refractivity contribution in [3.8, 4) is 0 Å². The van der Waals surface area contributed by atoms with Gasteiger partial charge in [-0.2, -0.15) is 12.6 Å². The number of carbonyl (C=O) groups is 1. The van der Waals surface area contributed by atoms with Gasteiger partial charge >= 0.3 is 7.48 Å². The Morgan fingerprint density at radius 3 is 2.09 bits per heavy atom. The number of nitrogens with one attached hydrogen (secondary N) is 1. The minimum atomic E-state index is -0.396. The summed E-state index contributed by atoms with van der Waals surface area (Å²) in [4.78, 5) is 13.2. The highest BCUT2D eigenvalue weighted by molar-refractivity contribution is 7.81. The van der Waals surface area contributed by atoms with Gasteiger partial charge in [-0.3, -0.25) is 4.79 Å². The van der Waals surface area contributed by atoms with E-state index in [9.17, 15) is 4.79 Å². The highest BCUT2D eigenvalue weighted by Crippen LogP contribution is 2.44. The van der Waals surface area contributed by atoms with Crippen LogP contribution in [0.15, 0.2) is 18.2 Å². The Morgan fingerprint density at radius 2 is 1.71 bits per heavy atom. The second-order valence-electron chi connectivity index (χ2n) is 12.9. The first-order valence-corrected chi connectivity index (χ1v) is 13.6. The Bertz CT molecular complexity index is 827. The number of ketones is 1. The average molecular weight is 487 g/mol. The van der Waals surface area contributed by atoms with Crippen LogP contribution in [0.2, 0.25) is 0 Å². The lowest BCUT2D eigenvalue weighted by molar-refractivity contribution is -0.128. The van der Waals surface area contributed by atoms with Crippen LogP contribution < -0.4 is 10.8 Å². The quantitative estimate of drug-likeness (QED) is 0.365. The van der Waals surface area contributed by atoms with Crippen LogP contribution in [0.25, 0.3) is 0 Å². The van der Waals surface area contributed by atoms with Gasteiger partial charge in [-0.05, 0) is 95.9 Å². The molecule has 0 unspecified atom stereocenters. The van der Waals surface area contributed by atoms with Crippen LogP contribution in [0.3, 0.4) is 0 Å². The van der Waals surface area contributed by atoms with Crippen molar-refractivity contribution in [1.29, 1.82) is 0 Å². The zero-order chi connectivity index (χ0) is 25.9. The molecule has 1 aromatic carbocycles. The number of Topliss-reactive ketones (excluding diaryl/α,β-unsaturated/α-hetero) is 1. The van der Waals surface area contributed by atoms with E-state index in [-0.39, 0.29) is 16.1 Å². The largest absolute Gasteiger partial charge is 0.428 e. The second kappa shape index (κ2) is 11.1. The van der Waals surface area contributed by atoms with Crippen molar-refractivity contribution >= 4 is 31.4 Å². The van der Waals surface area contributed by atoms with Gasteiger partial charge in [0, 0.05) is 10.7 Å². The van der Waals surface area contributed by atoms with Crippen LogP contribution in [0.4, 0.5) is 0 Å². The van der Waals surface area contributed by atoms with E-state index in [4.69, 9.17) is 4.65 Å². The van der Waals surface area contributed by atoms with Gasteiger partial charge in [0.2, 0.25) is 0 Å². The summed E-state index contributed by atoms with van der Waals surface area (Å²) in [6.07, 6.45) is 4.61. The van der Waals surface area contributed by atoms with Crippen molar-refractivity contribution < 1.29 is 9.45 Å². The van der Waals surface area contributed by atoms with E-state index in [0.29, 0.717) is 11.2 Å². The molecule has 1 heterocycles. The maximum absolute atomic E-state index is 13.2. The molecule has 1 N–H and O–H groups in total. The van der Waals surface area contributed by atoms with E-state index in [0.717, 1.165) is 42.9 Å². The molecular weight excluding hydrogens is 437 g/mol. The monoisotopic (exact) mass is 486 g/mol. The van der Waals surface area contributed by atoms with Crippen molar-refractivity contribution in [3.05, 3.63) is 29.3 Å². The summed E-state index contributed by atoms with van der Waals surface area (Å²) in [5, 5.41) is 3.40. The molecule has 0 spiro atoms. The van der Waals surface area contributed by atoms with Crippen LogP contribution in [0.5, 0.6) is 0 Å². The van der Waals surface area contributed by atoms with Crippen molar-refractivity contribution in [1.82, 2.24) is 5.32 Å². The Balaban J connectivity index is 0.000000497. The van der Waals surface area contributed by atoms with Crippen molar-refractivity contribution in [2.75, 3.05) is 13.1 Å². The molecule has 0 bridgehead atoms. The van der Waals surface area contributed by atoms with Gasteiger partial charge < -0.3 is 9.97 Å². The maximum atomic E-state index is 13.2. The first-order valence-electron chi connectivity index (χ1n) is 13.1. The molecule has 191 valence electrons. The second-order valence-corrected chi connectivity index (χ2v) is 14.0. The van der Waals surface area contributed by atoms with Crippen molar-refractivity contribution in [2.45, 2.75) is 111 Å². The number of benzene rings is 1. The SMILES string of the molecule is CC1CC(C)(C)C1.Cc1cc([B]OC(C)(C)C(C)(C)S)ccc1C1(C(=O)C(C)C)CCNCC1. The van der Waals surface area contributed by atoms with Gasteiger partial charge in [0.25, 0.3) is 0 Å². The Labute approximate surface area is 216 Å². The van der Waals surface area contributed by atoms with E-state index in [1.807, 2.05) is 35.2 Å². The predicted octanol–water partition coefficient (Wildman–Crippen LogP) is 6.03. The Kier molecular flexibility index (Phi) is 9.61. The van der Waals surface area contributed by atoms with Gasteiger partial charge in [-0.15, -0.1) is 0 Å². The number of carbonyl (C=O) groups excluding carboxylic acids is 1. The van der Waals surface area contributed by atoms with Gasteiger partial charge in [0.1, 0.15) is 5.78 Å². The lowest BCUT2D eigenvalue weighted by Gasteiger charge is -2.40. The molecule has 1 aliphatic carbocycles. The van der Waals surface area contributed by atoms with Crippen molar-refractivity contribution in [2.24, 2.45) is 17.3 Å². The summed E-state index contributed by atoms with van der Waals surface area (Å²) in [6.45, 7) is 23.1. The van der Waals surface area contributed by atoms with E-state index in [2.05, 4.69) is 77.7 Å². The lowest BCUT2D eigenvalue weighted by atomic mass is 9.65. The third kappa shape index (κ3) is 7.14. The Morgan fingerprint density at radius 1 is 1.15 bits per heavy atom. The highest BCUT2D eigenvalue weighted by atomic mass is 32.1. The van der Waals surface area contributed by atoms with E-state index in [1.54, 1.807) is 0 Å². The molecule has 1 radical (unpaired) electrons. The fourth-order valence-corrected chi connectivity index (χ4v) is 5.59. The standard InChI is InChI=1S/C22H35BNO2S.C7H14/c1-15(2)19(25)22(10-12-24-13-11-22)18-9-8-17(14-16(18)3)23-26-20(4,5)21(6,7)27;1-6-4-7(2,3)5-6/h8-9,14-15,24,27H,10-13H2,1-7H3;6H,4-5H2,1-3H3. The summed E-state index contributed by atoms with van der Waals surface area (Å²) >= 11 is 4.65. The topological polar surface area (TPSA) is 38.3 Å². The van der Waals surface area contributed by atoms with Gasteiger partial charge in [0.15, 0.2) is 0 Å². The average Bonchev–Trinajstić information content (AvgIpc) is 2.70. The minimum absolute atomic E-state index is 0.0375. The maximum Gasteiger partial charge on any atom is 0.330 e. The van der Waals surface area contributed by atoms with Crippen LogP contribution in [0.1, 0.15) is 99.1 Å². The van der Waals surface area contributed by atoms with E-state index < -0.39 is 5.60 Å². The first-order chi connectivity index (χ1) is 15.5. The summed E-state index contributed by atoms with van der Waals surface area (Å²) in [7, 11) is 1.81. The molecular formula is C29H49BNO2S. The van der Waals surface area contributed by atoms with Crippen molar-refractivity contribution in [3.63, 3.8) is 0 Å². The minimum Gasteiger partial charge on any atom is -0.428 e. The first kappa shape index (κ1) is 29.5. The van der Waals surface area contributed by atoms with E-state index >= 15 is 0 Å². The molecule has 2 aliphatic rings. The van der Waals surface area contributed by atoms with Gasteiger partial charge in [0.05, 0.1) is 11.0 Å². The van der Waals surface area contributed by atoms with Crippen LogP contribution in [-0.4, -0.2) is 36.7 Å². The summed E-state index contributed by atoms with van der Waals surface area (Å²) in [6, 6.07) is 6.34. The number of hydrogen-bond donors (Lipinski definition) is 2. The number of aryl methyl sites for hydroxylation is 1. The van der Waals surface area contributed by atoms with Crippen LogP contribution in [-0.2, 0) is 14.9 Å². The van der Waals surface area contributed by atoms with Gasteiger partial charge in [-0.1, -0.05) is 58.3 Å². The van der Waals surface area contributed by atoms with Crippen LogP contribution >= 0.6 is 12.6 Å². The summed E-state index contributed by atoms with van der Waals surface area (Å²) in [5.74, 6) is 1.41. The molecule has 1 saturated heterocycles. The smallest absolute Gasteiger partial charge is 0.330 e. The summed E-state index contributed by atoms with van der Waals surface area (Å²) in [5.41, 5.74) is 3.28. The molecule has 5 heteroatoms. The fraction of sp³-hybridized carbons (Fsp3) is 0.759. The lowest BCUT2D eigenvalue weighted by Crippen LogP contribution is -2.48. The Hall–Kier alpha value is -0.775. The number of hydrogen-bond acceptors (Lipinski definition) is 4. The molecule has 0 amide bonds. The molecule has 2 fully saturated rings. The molecule has 3 rings (SSSR count). The fourth-order valence-electron chi connectivity index (χ4n) is 5.54. The third-order valence-corrected chi connectivity index (χ3v) is 8.52. The molecule has 3 nitrogen and oxygen atoms in total. The highest BCUT2D eigenvalue weighted by Gasteiger charge is 2.42. The molecule has 1 saturated carbocycles. The van der Waals surface area contributed by atoms with Gasteiger partial charge in [-0.25, -0.2) is 0 Å². The van der Waals surface area contributed by atoms with E-state index in [1.165, 1.54) is 18.4 Å². The zero-order valence-corrected chi connectivity index (χ0v) is 24.4. The summed E-state index contributed by atoms with van der Waals surface area (Å²) < 4.78 is 5.79. The number of thiol groups is 1. The molecule has 34 heavy (non-hydrogen) atoms. The third-order valence-electron chi connectivity index (χ3n) is 7.98. The molecule has 0 aromatic heterocycles. The molecule has 1 aromatic rings. The van der Waals surface area contributed by atoms with Crippen LogP contribution in [0, 0.1) is 24.2 Å². The molecule has 1 aliphatic heterocycles. The molecule has 0 atom stereocenters.